The zero-order valence-electron chi connectivity index (χ0n) is 11.4. The van der Waals surface area contributed by atoms with Crippen LogP contribution in [-0.4, -0.2) is 12.1 Å². The average molecular weight is 285 g/mol. The molecule has 0 atom stereocenters. The van der Waals surface area contributed by atoms with E-state index in [9.17, 15) is 8.78 Å². The van der Waals surface area contributed by atoms with Gasteiger partial charge in [-0.2, -0.15) is 0 Å². The Bertz CT molecular complexity index is 773. The van der Waals surface area contributed by atoms with Crippen LogP contribution in [-0.2, 0) is 6.42 Å². The van der Waals surface area contributed by atoms with Crippen LogP contribution in [0.4, 0.5) is 8.78 Å². The maximum Gasteiger partial charge on any atom is 0.133 e. The Morgan fingerprint density at radius 3 is 2.57 bits per heavy atom. The molecule has 1 heterocycles. The number of benzene rings is 2. The van der Waals surface area contributed by atoms with Gasteiger partial charge in [0.25, 0.3) is 0 Å². The summed E-state index contributed by atoms with van der Waals surface area (Å²) in [5.74, 6) is -1.02. The summed E-state index contributed by atoms with van der Waals surface area (Å²) in [4.78, 5) is 4.05. The van der Waals surface area contributed by atoms with E-state index in [1.807, 2.05) is 24.3 Å². The molecule has 4 heteroatoms. The van der Waals surface area contributed by atoms with Gasteiger partial charge < -0.3 is 4.74 Å². The van der Waals surface area contributed by atoms with E-state index < -0.39 is 11.6 Å². The van der Waals surface area contributed by atoms with Crippen LogP contribution in [0, 0.1) is 11.6 Å². The average Bonchev–Trinajstić information content (AvgIpc) is 2.50. The fourth-order valence-corrected chi connectivity index (χ4v) is 2.40. The summed E-state index contributed by atoms with van der Waals surface area (Å²) in [5, 5.41) is 1.89. The van der Waals surface area contributed by atoms with Gasteiger partial charge in [0, 0.05) is 41.9 Å². The zero-order chi connectivity index (χ0) is 14.8. The molecule has 3 aromatic rings. The minimum Gasteiger partial charge on any atom is -0.497 e. The van der Waals surface area contributed by atoms with Crippen molar-refractivity contribution in [1.82, 2.24) is 4.98 Å². The maximum absolute atomic E-state index is 14.1. The molecule has 0 radical (unpaired) electrons. The van der Waals surface area contributed by atoms with Gasteiger partial charge in [-0.15, -0.1) is 0 Å². The van der Waals surface area contributed by atoms with Crippen LogP contribution >= 0.6 is 0 Å². The third kappa shape index (κ3) is 2.57. The highest BCUT2D eigenvalue weighted by Gasteiger charge is 2.13. The van der Waals surface area contributed by atoms with E-state index in [0.717, 1.165) is 16.3 Å². The molecule has 0 amide bonds. The van der Waals surface area contributed by atoms with E-state index in [1.54, 1.807) is 12.4 Å². The summed E-state index contributed by atoms with van der Waals surface area (Å²) in [6.45, 7) is 0. The van der Waals surface area contributed by atoms with Crippen molar-refractivity contribution in [2.24, 2.45) is 0 Å². The lowest BCUT2D eigenvalue weighted by Crippen LogP contribution is -1.99. The zero-order valence-corrected chi connectivity index (χ0v) is 11.4. The highest BCUT2D eigenvalue weighted by atomic mass is 19.1. The lowest BCUT2D eigenvalue weighted by atomic mass is 9.99. The Labute approximate surface area is 121 Å². The molecule has 0 aliphatic heterocycles. The van der Waals surface area contributed by atoms with Crippen LogP contribution in [0.15, 0.2) is 48.8 Å². The maximum atomic E-state index is 14.1. The summed E-state index contributed by atoms with van der Waals surface area (Å²) in [6, 6.07) is 9.90. The van der Waals surface area contributed by atoms with Gasteiger partial charge >= 0.3 is 0 Å². The summed E-state index contributed by atoms with van der Waals surface area (Å²) in [5.41, 5.74) is 0.901. The number of pyridine rings is 1. The normalized spacial score (nSPS) is 10.8. The smallest absolute Gasteiger partial charge is 0.133 e. The van der Waals surface area contributed by atoms with Gasteiger partial charge in [0.05, 0.1) is 7.11 Å². The van der Waals surface area contributed by atoms with Gasteiger partial charge in [-0.1, -0.05) is 18.2 Å². The first-order valence-corrected chi connectivity index (χ1v) is 6.52. The number of nitrogens with zero attached hydrogens (tertiary/aromatic N) is 1. The van der Waals surface area contributed by atoms with Crippen molar-refractivity contribution in [2.75, 3.05) is 7.11 Å². The molecule has 0 aliphatic carbocycles. The number of hydrogen-bond acceptors (Lipinski definition) is 2. The first-order valence-electron chi connectivity index (χ1n) is 6.52. The lowest BCUT2D eigenvalue weighted by molar-refractivity contribution is 0.405. The molecular formula is C17H13F2NO. The van der Waals surface area contributed by atoms with Crippen molar-refractivity contribution in [3.63, 3.8) is 0 Å². The fraction of sp³-hybridized carbons (Fsp3) is 0.118. The molecule has 0 saturated carbocycles. The van der Waals surface area contributed by atoms with Gasteiger partial charge in [0.2, 0.25) is 0 Å². The number of aromatic nitrogens is 1. The molecule has 21 heavy (non-hydrogen) atoms. The molecular weight excluding hydrogens is 272 g/mol. The van der Waals surface area contributed by atoms with Crippen LogP contribution < -0.4 is 4.74 Å². The quantitative estimate of drug-likeness (QED) is 0.722. The summed E-state index contributed by atoms with van der Waals surface area (Å²) in [7, 11) is 1.38. The second-order valence-corrected chi connectivity index (χ2v) is 4.76. The van der Waals surface area contributed by atoms with Crippen LogP contribution in [0.25, 0.3) is 10.8 Å². The third-order valence-electron chi connectivity index (χ3n) is 3.49. The second kappa shape index (κ2) is 5.48. The molecule has 0 bridgehead atoms. The Balaban J connectivity index is 2.07. The Morgan fingerprint density at radius 2 is 1.86 bits per heavy atom. The SMILES string of the molecule is COc1cc(F)c(Cc2cccc3cnccc23)c(F)c1. The van der Waals surface area contributed by atoms with Crippen LogP contribution in [0.3, 0.4) is 0 Å². The van der Waals surface area contributed by atoms with Crippen molar-refractivity contribution in [3.8, 4) is 5.75 Å². The van der Waals surface area contributed by atoms with Crippen molar-refractivity contribution in [2.45, 2.75) is 6.42 Å². The summed E-state index contributed by atoms with van der Waals surface area (Å²) in [6.07, 6.45) is 3.59. The van der Waals surface area contributed by atoms with Crippen molar-refractivity contribution >= 4 is 10.8 Å². The first kappa shape index (κ1) is 13.5. The highest BCUT2D eigenvalue weighted by molar-refractivity contribution is 5.85. The Kier molecular flexibility index (Phi) is 3.52. The lowest BCUT2D eigenvalue weighted by Gasteiger charge is -2.10. The van der Waals surface area contributed by atoms with E-state index in [1.165, 1.54) is 19.2 Å². The first-order chi connectivity index (χ1) is 10.2. The highest BCUT2D eigenvalue weighted by Crippen LogP contribution is 2.26. The standard InChI is InChI=1S/C17H13F2NO/c1-21-13-8-16(18)15(17(19)9-13)7-11-3-2-4-12-10-20-6-5-14(11)12/h2-6,8-10H,7H2,1H3. The van der Waals surface area contributed by atoms with Gasteiger partial charge in [-0.05, 0) is 17.0 Å². The molecule has 0 fully saturated rings. The number of halogens is 2. The van der Waals surface area contributed by atoms with Crippen LogP contribution in [0.1, 0.15) is 11.1 Å². The predicted octanol–water partition coefficient (Wildman–Crippen LogP) is 4.11. The van der Waals surface area contributed by atoms with Gasteiger partial charge in [0.15, 0.2) is 0 Å². The van der Waals surface area contributed by atoms with Crippen molar-refractivity contribution in [3.05, 3.63) is 71.6 Å². The van der Waals surface area contributed by atoms with E-state index in [0.29, 0.717) is 0 Å². The summed E-state index contributed by atoms with van der Waals surface area (Å²) < 4.78 is 33.0. The molecule has 0 spiro atoms. The number of fused-ring (bicyclic) bond motifs is 1. The monoisotopic (exact) mass is 285 g/mol. The van der Waals surface area contributed by atoms with E-state index in [4.69, 9.17) is 4.74 Å². The van der Waals surface area contributed by atoms with Crippen molar-refractivity contribution < 1.29 is 13.5 Å². The van der Waals surface area contributed by atoms with Crippen molar-refractivity contribution in [1.29, 1.82) is 0 Å². The van der Waals surface area contributed by atoms with Crippen LogP contribution in [0.5, 0.6) is 5.75 Å². The van der Waals surface area contributed by atoms with E-state index in [-0.39, 0.29) is 17.7 Å². The molecule has 1 aromatic heterocycles. The fourth-order valence-electron chi connectivity index (χ4n) is 2.40. The molecule has 0 saturated heterocycles. The Hall–Kier alpha value is -2.49. The second-order valence-electron chi connectivity index (χ2n) is 4.76. The molecule has 0 unspecified atom stereocenters. The largest absolute Gasteiger partial charge is 0.497 e. The topological polar surface area (TPSA) is 22.1 Å². The van der Waals surface area contributed by atoms with E-state index >= 15 is 0 Å². The Morgan fingerprint density at radius 1 is 1.10 bits per heavy atom. The molecule has 106 valence electrons. The van der Waals surface area contributed by atoms with Gasteiger partial charge in [0.1, 0.15) is 17.4 Å². The molecule has 0 aliphatic rings. The third-order valence-corrected chi connectivity index (χ3v) is 3.49. The number of methoxy groups -OCH3 is 1. The summed E-state index contributed by atoms with van der Waals surface area (Å²) >= 11 is 0. The molecule has 3 rings (SSSR count). The van der Waals surface area contributed by atoms with Gasteiger partial charge in [-0.3, -0.25) is 4.98 Å². The molecule has 2 nitrogen and oxygen atoms in total. The minimum atomic E-state index is -0.599. The van der Waals surface area contributed by atoms with Crippen LogP contribution in [0.2, 0.25) is 0 Å². The molecule has 2 aromatic carbocycles. The molecule has 0 N–H and O–H groups in total. The minimum absolute atomic E-state index is 0.0418. The predicted molar refractivity (Wildman–Crippen MR) is 77.5 cm³/mol. The number of hydrogen-bond donors (Lipinski definition) is 0. The number of rotatable bonds is 3. The van der Waals surface area contributed by atoms with E-state index in [2.05, 4.69) is 4.98 Å². The number of ether oxygens (including phenoxy) is 1. The van der Waals surface area contributed by atoms with Gasteiger partial charge in [-0.25, -0.2) is 8.78 Å².